The summed E-state index contributed by atoms with van der Waals surface area (Å²) in [5, 5.41) is 31.5. The van der Waals surface area contributed by atoms with Crippen LogP contribution in [0.1, 0.15) is 64.7 Å². The van der Waals surface area contributed by atoms with Gasteiger partial charge in [-0.15, -0.1) is 0 Å². The average molecular weight is 396 g/mol. The maximum atomic E-state index is 12.2. The fourth-order valence-electron chi connectivity index (χ4n) is 3.51. The van der Waals surface area contributed by atoms with Crippen LogP contribution in [0.2, 0.25) is 0 Å². The second kappa shape index (κ2) is 14.5. The molecule has 1 saturated carbocycles. The van der Waals surface area contributed by atoms with Gasteiger partial charge in [-0.2, -0.15) is 0 Å². The largest absolute Gasteiger partial charge is 0.395 e. The Bertz CT molecular complexity index is 517. The van der Waals surface area contributed by atoms with E-state index in [4.69, 9.17) is 5.11 Å². The van der Waals surface area contributed by atoms with Gasteiger partial charge in [-0.3, -0.25) is 9.59 Å². The molecule has 0 saturated heterocycles. The number of allylic oxidation sites excluding steroid dienone is 2. The van der Waals surface area contributed by atoms with Crippen LogP contribution in [-0.2, 0) is 9.59 Å². The van der Waals surface area contributed by atoms with Gasteiger partial charge in [0, 0.05) is 31.2 Å². The highest BCUT2D eigenvalue weighted by Gasteiger charge is 2.39. The number of unbranched alkanes of at least 4 members (excludes halogenated alkanes) is 3. The Morgan fingerprint density at radius 2 is 2.07 bits per heavy atom. The summed E-state index contributed by atoms with van der Waals surface area (Å²) in [7, 11) is 0. The Morgan fingerprint density at radius 1 is 1.29 bits per heavy atom. The minimum Gasteiger partial charge on any atom is -0.395 e. The summed E-state index contributed by atoms with van der Waals surface area (Å²) in [6, 6.07) is 0. The maximum Gasteiger partial charge on any atom is 0.220 e. The highest BCUT2D eigenvalue weighted by atomic mass is 16.3. The van der Waals surface area contributed by atoms with Crippen LogP contribution in [-0.4, -0.2) is 52.4 Å². The molecule has 0 bridgehead atoms. The summed E-state index contributed by atoms with van der Waals surface area (Å²) in [6.07, 6.45) is 12.7. The summed E-state index contributed by atoms with van der Waals surface area (Å²) in [5.41, 5.74) is 0. The maximum absolute atomic E-state index is 12.2. The second-order valence-corrected chi connectivity index (χ2v) is 7.54. The zero-order valence-electron chi connectivity index (χ0n) is 17.1. The molecule has 0 spiro atoms. The van der Waals surface area contributed by atoms with Crippen molar-refractivity contribution < 1.29 is 24.9 Å². The van der Waals surface area contributed by atoms with Crippen molar-refractivity contribution in [3.63, 3.8) is 0 Å². The molecular formula is C22H37NO5. The lowest BCUT2D eigenvalue weighted by atomic mass is 9.90. The molecule has 0 aliphatic heterocycles. The number of amides is 1. The van der Waals surface area contributed by atoms with E-state index in [0.717, 1.165) is 25.7 Å². The van der Waals surface area contributed by atoms with E-state index in [1.165, 1.54) is 0 Å². The number of Topliss-reactive ketones (excluding diaryl/α,β-unsaturated/α-hetero) is 1. The Kier molecular flexibility index (Phi) is 12.7. The summed E-state index contributed by atoms with van der Waals surface area (Å²) >= 11 is 0. The molecule has 1 aliphatic carbocycles. The van der Waals surface area contributed by atoms with Gasteiger partial charge in [-0.05, 0) is 25.7 Å². The fraction of sp³-hybridized carbons (Fsp3) is 0.727. The van der Waals surface area contributed by atoms with Crippen molar-refractivity contribution in [3.05, 3.63) is 24.3 Å². The minimum atomic E-state index is -0.680. The van der Waals surface area contributed by atoms with Crippen LogP contribution in [0, 0.1) is 11.8 Å². The Morgan fingerprint density at radius 3 is 2.79 bits per heavy atom. The molecule has 0 unspecified atom stereocenters. The summed E-state index contributed by atoms with van der Waals surface area (Å²) < 4.78 is 0. The minimum absolute atomic E-state index is 0.0573. The standard InChI is InChI=1S/C22H37NO5/c1-2-3-6-9-17(25)12-13-19-18(20(26)16-21(19)27)10-7-4-5-8-11-22(28)23-14-15-24/h4,7,12-13,17-19,21,24-25,27H,2-3,5-6,8-11,14-16H2,1H3,(H,23,28)/b7-4-,13-12+/t17-,18-,19+,21+/m0/s1. The van der Waals surface area contributed by atoms with Crippen molar-refractivity contribution in [2.24, 2.45) is 11.8 Å². The summed E-state index contributed by atoms with van der Waals surface area (Å²) in [6.45, 7) is 2.34. The predicted octanol–water partition coefficient (Wildman–Crippen LogP) is 2.28. The highest BCUT2D eigenvalue weighted by Crippen LogP contribution is 2.33. The Labute approximate surface area is 168 Å². The third kappa shape index (κ3) is 9.62. The molecular weight excluding hydrogens is 358 g/mol. The predicted molar refractivity (Wildman–Crippen MR) is 110 cm³/mol. The first kappa shape index (κ1) is 24.5. The molecule has 6 heteroatoms. The SMILES string of the molecule is CCCCC[C@H](O)/C=C/[C@H]1[C@H](O)CC(=O)[C@H]1C/C=C\CCCC(=O)NCCO. The molecule has 4 N–H and O–H groups in total. The van der Waals surface area contributed by atoms with Gasteiger partial charge in [-0.1, -0.05) is 50.5 Å². The molecule has 0 radical (unpaired) electrons. The van der Waals surface area contributed by atoms with Crippen molar-refractivity contribution in [1.82, 2.24) is 5.32 Å². The fourth-order valence-corrected chi connectivity index (χ4v) is 3.51. The number of ketones is 1. The molecule has 0 aromatic carbocycles. The number of rotatable bonds is 14. The van der Waals surface area contributed by atoms with Crippen molar-refractivity contribution in [3.8, 4) is 0 Å². The molecule has 0 aromatic rings. The average Bonchev–Trinajstić information content (AvgIpc) is 2.94. The lowest BCUT2D eigenvalue weighted by Crippen LogP contribution is -2.25. The van der Waals surface area contributed by atoms with E-state index < -0.39 is 12.2 Å². The van der Waals surface area contributed by atoms with Gasteiger partial charge >= 0.3 is 0 Å². The van der Waals surface area contributed by atoms with E-state index in [1.54, 1.807) is 6.08 Å². The van der Waals surface area contributed by atoms with E-state index in [0.29, 0.717) is 25.7 Å². The topological polar surface area (TPSA) is 107 Å². The zero-order chi connectivity index (χ0) is 20.8. The highest BCUT2D eigenvalue weighted by molar-refractivity contribution is 5.84. The van der Waals surface area contributed by atoms with Gasteiger partial charge in [0.05, 0.1) is 18.8 Å². The van der Waals surface area contributed by atoms with Crippen LogP contribution in [0.15, 0.2) is 24.3 Å². The van der Waals surface area contributed by atoms with Crippen LogP contribution in [0.5, 0.6) is 0 Å². The van der Waals surface area contributed by atoms with Crippen LogP contribution in [0.3, 0.4) is 0 Å². The molecule has 4 atom stereocenters. The first-order valence-corrected chi connectivity index (χ1v) is 10.6. The first-order chi connectivity index (χ1) is 13.5. The molecule has 0 aromatic heterocycles. The number of nitrogens with one attached hydrogen (secondary N) is 1. The van der Waals surface area contributed by atoms with Crippen LogP contribution in [0.4, 0.5) is 0 Å². The molecule has 0 heterocycles. The van der Waals surface area contributed by atoms with Gasteiger partial charge < -0.3 is 20.6 Å². The first-order valence-electron chi connectivity index (χ1n) is 10.6. The van der Waals surface area contributed by atoms with Crippen LogP contribution >= 0.6 is 0 Å². The summed E-state index contributed by atoms with van der Waals surface area (Å²) in [4.78, 5) is 23.6. The van der Waals surface area contributed by atoms with Gasteiger partial charge in [-0.25, -0.2) is 0 Å². The monoisotopic (exact) mass is 395 g/mol. The summed E-state index contributed by atoms with van der Waals surface area (Å²) in [5.74, 6) is -0.504. The van der Waals surface area contributed by atoms with Gasteiger partial charge in [0.15, 0.2) is 0 Å². The van der Waals surface area contributed by atoms with Gasteiger partial charge in [0.2, 0.25) is 5.91 Å². The number of carbonyl (C=O) groups excluding carboxylic acids is 2. The normalized spacial score (nSPS) is 23.7. The number of hydrogen-bond acceptors (Lipinski definition) is 5. The van der Waals surface area contributed by atoms with E-state index in [2.05, 4.69) is 12.2 Å². The lowest BCUT2D eigenvalue weighted by molar-refractivity contribution is -0.122. The quantitative estimate of drug-likeness (QED) is 0.267. The molecule has 160 valence electrons. The van der Waals surface area contributed by atoms with Crippen molar-refractivity contribution in [2.45, 2.75) is 76.9 Å². The van der Waals surface area contributed by atoms with Crippen molar-refractivity contribution >= 4 is 11.7 Å². The van der Waals surface area contributed by atoms with Crippen LogP contribution < -0.4 is 5.32 Å². The van der Waals surface area contributed by atoms with E-state index in [1.807, 2.05) is 18.2 Å². The smallest absolute Gasteiger partial charge is 0.220 e. The number of aliphatic hydroxyl groups excluding tert-OH is 3. The third-order valence-corrected chi connectivity index (χ3v) is 5.16. The molecule has 1 aliphatic rings. The van der Waals surface area contributed by atoms with Crippen LogP contribution in [0.25, 0.3) is 0 Å². The van der Waals surface area contributed by atoms with Crippen molar-refractivity contribution in [1.29, 1.82) is 0 Å². The van der Waals surface area contributed by atoms with E-state index in [9.17, 15) is 19.8 Å². The number of hydrogen-bond donors (Lipinski definition) is 4. The number of carbonyl (C=O) groups is 2. The molecule has 28 heavy (non-hydrogen) atoms. The zero-order valence-corrected chi connectivity index (χ0v) is 17.1. The molecule has 1 amide bonds. The Hall–Kier alpha value is -1.50. The molecule has 1 rings (SSSR count). The third-order valence-electron chi connectivity index (χ3n) is 5.16. The van der Waals surface area contributed by atoms with E-state index in [-0.39, 0.29) is 43.1 Å². The lowest BCUT2D eigenvalue weighted by Gasteiger charge is -2.16. The van der Waals surface area contributed by atoms with Gasteiger partial charge in [0.1, 0.15) is 5.78 Å². The second-order valence-electron chi connectivity index (χ2n) is 7.54. The van der Waals surface area contributed by atoms with Gasteiger partial charge in [0.25, 0.3) is 0 Å². The van der Waals surface area contributed by atoms with Crippen molar-refractivity contribution in [2.75, 3.05) is 13.2 Å². The van der Waals surface area contributed by atoms with E-state index >= 15 is 0 Å². The molecule has 6 nitrogen and oxygen atoms in total. The Balaban J connectivity index is 2.40. The number of aliphatic hydroxyl groups is 3. The molecule has 1 fully saturated rings.